The van der Waals surface area contributed by atoms with Gasteiger partial charge in [0.1, 0.15) is 11.9 Å². The summed E-state index contributed by atoms with van der Waals surface area (Å²) in [5.74, 6) is 1.83. The summed E-state index contributed by atoms with van der Waals surface area (Å²) in [7, 11) is 0. The number of nitrogens with zero attached hydrogens (tertiary/aromatic N) is 5. The molecule has 1 atom stereocenters. The number of aromatic nitrogens is 2. The zero-order chi connectivity index (χ0) is 18.5. The number of piperazine rings is 1. The number of ether oxygens (including phenoxy) is 1. The van der Waals surface area contributed by atoms with Crippen molar-refractivity contribution in [1.29, 1.82) is 0 Å². The highest BCUT2D eigenvalue weighted by molar-refractivity contribution is 5.78. The Bertz CT molecular complexity index is 735. The van der Waals surface area contributed by atoms with E-state index in [-0.39, 0.29) is 12.0 Å². The molecule has 142 valence electrons. The molecular formula is C20H25N5O2. The lowest BCUT2D eigenvalue weighted by atomic mass is 10.3. The number of benzene rings is 1. The van der Waals surface area contributed by atoms with Gasteiger partial charge in [-0.2, -0.15) is 0 Å². The van der Waals surface area contributed by atoms with E-state index in [1.165, 1.54) is 0 Å². The van der Waals surface area contributed by atoms with Gasteiger partial charge in [0.25, 0.3) is 0 Å². The molecule has 1 amide bonds. The fraction of sp³-hybridized carbons (Fsp3) is 0.450. The predicted octanol–water partition coefficient (Wildman–Crippen LogP) is 1.28. The summed E-state index contributed by atoms with van der Waals surface area (Å²) in [6.45, 7) is 5.30. The fourth-order valence-corrected chi connectivity index (χ4v) is 3.59. The molecule has 0 aliphatic carbocycles. The Morgan fingerprint density at radius 2 is 1.74 bits per heavy atom. The van der Waals surface area contributed by atoms with E-state index in [9.17, 15) is 4.79 Å². The molecule has 0 radical (unpaired) electrons. The highest BCUT2D eigenvalue weighted by Gasteiger charge is 2.29. The first-order valence-electron chi connectivity index (χ1n) is 9.52. The molecule has 2 aliphatic heterocycles. The Hall–Kier alpha value is -2.67. The summed E-state index contributed by atoms with van der Waals surface area (Å²) in [6, 6.07) is 11.6. The van der Waals surface area contributed by atoms with Crippen LogP contribution < -0.4 is 9.64 Å². The van der Waals surface area contributed by atoms with E-state index < -0.39 is 0 Å². The largest absolute Gasteiger partial charge is 0.489 e. The molecule has 2 fully saturated rings. The van der Waals surface area contributed by atoms with Gasteiger partial charge in [-0.15, -0.1) is 0 Å². The maximum atomic E-state index is 12.7. The Labute approximate surface area is 159 Å². The zero-order valence-corrected chi connectivity index (χ0v) is 15.4. The van der Waals surface area contributed by atoms with Crippen molar-refractivity contribution in [2.45, 2.75) is 12.5 Å². The first-order valence-corrected chi connectivity index (χ1v) is 9.52. The number of likely N-dealkylation sites (tertiary alicyclic amines) is 1. The summed E-state index contributed by atoms with van der Waals surface area (Å²) < 4.78 is 5.98. The second kappa shape index (κ2) is 8.35. The van der Waals surface area contributed by atoms with Gasteiger partial charge in [0.2, 0.25) is 11.9 Å². The molecule has 2 saturated heterocycles. The smallest absolute Gasteiger partial charge is 0.236 e. The van der Waals surface area contributed by atoms with E-state index in [2.05, 4.69) is 19.8 Å². The van der Waals surface area contributed by atoms with Crippen molar-refractivity contribution in [2.75, 3.05) is 50.7 Å². The Morgan fingerprint density at radius 1 is 1.00 bits per heavy atom. The zero-order valence-electron chi connectivity index (χ0n) is 15.4. The van der Waals surface area contributed by atoms with Crippen LogP contribution in [0.2, 0.25) is 0 Å². The molecule has 1 unspecified atom stereocenters. The van der Waals surface area contributed by atoms with Crippen LogP contribution in [0.3, 0.4) is 0 Å². The van der Waals surface area contributed by atoms with Gasteiger partial charge in [-0.25, -0.2) is 9.97 Å². The van der Waals surface area contributed by atoms with Gasteiger partial charge in [0, 0.05) is 51.5 Å². The summed E-state index contributed by atoms with van der Waals surface area (Å²) in [5, 5.41) is 0. The van der Waals surface area contributed by atoms with Gasteiger partial charge in [-0.05, 0) is 18.2 Å². The van der Waals surface area contributed by atoms with Crippen molar-refractivity contribution in [3.05, 3.63) is 48.8 Å². The van der Waals surface area contributed by atoms with Gasteiger partial charge in [-0.3, -0.25) is 9.69 Å². The lowest BCUT2D eigenvalue weighted by molar-refractivity contribution is -0.131. The van der Waals surface area contributed by atoms with Gasteiger partial charge < -0.3 is 14.5 Å². The summed E-state index contributed by atoms with van der Waals surface area (Å²) in [5.41, 5.74) is 0. The van der Waals surface area contributed by atoms with E-state index >= 15 is 0 Å². The third-order valence-electron chi connectivity index (χ3n) is 5.11. The molecule has 0 saturated carbocycles. The number of para-hydroxylation sites is 1. The standard InChI is InChI=1S/C20H25N5O2/c26-19(25-10-7-18(15-25)27-17-5-2-1-3-6-17)16-23-11-13-24(14-12-23)20-21-8-4-9-22-20/h1-6,8-9,18H,7,10-16H2. The highest BCUT2D eigenvalue weighted by atomic mass is 16.5. The first kappa shape index (κ1) is 17.7. The van der Waals surface area contributed by atoms with Crippen LogP contribution in [0.15, 0.2) is 48.8 Å². The monoisotopic (exact) mass is 367 g/mol. The molecule has 2 aliphatic rings. The van der Waals surface area contributed by atoms with Crippen molar-refractivity contribution in [1.82, 2.24) is 19.8 Å². The fourth-order valence-electron chi connectivity index (χ4n) is 3.59. The second-order valence-electron chi connectivity index (χ2n) is 6.99. The summed E-state index contributed by atoms with van der Waals surface area (Å²) in [4.78, 5) is 27.6. The lowest BCUT2D eigenvalue weighted by Gasteiger charge is -2.34. The van der Waals surface area contributed by atoms with Crippen LogP contribution in [0.5, 0.6) is 5.75 Å². The van der Waals surface area contributed by atoms with E-state index in [0.717, 1.165) is 50.8 Å². The number of hydrogen-bond donors (Lipinski definition) is 0. The first-order chi connectivity index (χ1) is 13.3. The number of hydrogen-bond acceptors (Lipinski definition) is 6. The van der Waals surface area contributed by atoms with Crippen LogP contribution in [0.4, 0.5) is 5.95 Å². The molecule has 0 N–H and O–H groups in total. The topological polar surface area (TPSA) is 61.8 Å². The van der Waals surface area contributed by atoms with Gasteiger partial charge >= 0.3 is 0 Å². The Balaban J connectivity index is 1.22. The number of rotatable bonds is 5. The Morgan fingerprint density at radius 3 is 2.48 bits per heavy atom. The molecule has 0 spiro atoms. The maximum Gasteiger partial charge on any atom is 0.236 e. The molecule has 7 nitrogen and oxygen atoms in total. The van der Waals surface area contributed by atoms with E-state index in [0.29, 0.717) is 13.1 Å². The number of amides is 1. The van der Waals surface area contributed by atoms with Crippen molar-refractivity contribution in [2.24, 2.45) is 0 Å². The van der Waals surface area contributed by atoms with Crippen LogP contribution in [0.25, 0.3) is 0 Å². The minimum Gasteiger partial charge on any atom is -0.489 e. The van der Waals surface area contributed by atoms with Crippen LogP contribution >= 0.6 is 0 Å². The van der Waals surface area contributed by atoms with E-state index in [1.54, 1.807) is 12.4 Å². The Kier molecular flexibility index (Phi) is 5.48. The van der Waals surface area contributed by atoms with Gasteiger partial charge in [-0.1, -0.05) is 18.2 Å². The third-order valence-corrected chi connectivity index (χ3v) is 5.11. The minimum atomic E-state index is 0.0865. The van der Waals surface area contributed by atoms with Crippen LogP contribution in [-0.4, -0.2) is 77.6 Å². The number of carbonyl (C=O) groups excluding carboxylic acids is 1. The van der Waals surface area contributed by atoms with Crippen molar-refractivity contribution in [3.63, 3.8) is 0 Å². The normalized spacial score (nSPS) is 20.7. The van der Waals surface area contributed by atoms with E-state index in [4.69, 9.17) is 4.74 Å². The molecule has 1 aromatic heterocycles. The minimum absolute atomic E-state index is 0.0865. The second-order valence-corrected chi connectivity index (χ2v) is 6.99. The molecule has 27 heavy (non-hydrogen) atoms. The number of anilines is 1. The van der Waals surface area contributed by atoms with Crippen molar-refractivity contribution >= 4 is 11.9 Å². The molecule has 2 aromatic rings. The molecule has 1 aromatic carbocycles. The predicted molar refractivity (Wildman–Crippen MR) is 103 cm³/mol. The maximum absolute atomic E-state index is 12.7. The molecule has 3 heterocycles. The van der Waals surface area contributed by atoms with Crippen LogP contribution in [0, 0.1) is 0 Å². The molecule has 4 rings (SSSR count). The van der Waals surface area contributed by atoms with Gasteiger partial charge in [0.05, 0.1) is 13.1 Å². The van der Waals surface area contributed by atoms with Crippen LogP contribution in [-0.2, 0) is 4.79 Å². The molecule has 7 heteroatoms. The SMILES string of the molecule is O=C(CN1CCN(c2ncccn2)CC1)N1CCC(Oc2ccccc2)C1. The highest BCUT2D eigenvalue weighted by Crippen LogP contribution is 2.18. The van der Waals surface area contributed by atoms with Crippen LogP contribution in [0.1, 0.15) is 6.42 Å². The molecule has 0 bridgehead atoms. The van der Waals surface area contributed by atoms with Crippen molar-refractivity contribution in [3.8, 4) is 5.75 Å². The number of carbonyl (C=O) groups is 1. The van der Waals surface area contributed by atoms with Crippen molar-refractivity contribution < 1.29 is 9.53 Å². The quantitative estimate of drug-likeness (QED) is 0.793. The average molecular weight is 367 g/mol. The summed E-state index contributed by atoms with van der Waals surface area (Å²) >= 11 is 0. The lowest BCUT2D eigenvalue weighted by Crippen LogP contribution is -2.50. The molecular weight excluding hydrogens is 342 g/mol. The average Bonchev–Trinajstić information content (AvgIpc) is 3.19. The van der Waals surface area contributed by atoms with E-state index in [1.807, 2.05) is 41.3 Å². The van der Waals surface area contributed by atoms with Gasteiger partial charge in [0.15, 0.2) is 0 Å². The summed E-state index contributed by atoms with van der Waals surface area (Å²) in [6.07, 6.45) is 4.50. The third kappa shape index (κ3) is 4.54.